The number of nitrogens with two attached hydrogens (primary N) is 1. The molecule has 108 valence electrons. The van der Waals surface area contributed by atoms with Gasteiger partial charge in [-0.25, -0.2) is 0 Å². The zero-order valence-electron chi connectivity index (χ0n) is 12.1. The normalized spacial score (nSPS) is 10.9. The largest absolute Gasteiger partial charge is 0.397 e. The third-order valence-electron chi connectivity index (χ3n) is 3.41. The van der Waals surface area contributed by atoms with Gasteiger partial charge in [-0.15, -0.1) is 16.4 Å². The van der Waals surface area contributed by atoms with Crippen LogP contribution in [0.1, 0.15) is 47.1 Å². The van der Waals surface area contributed by atoms with Crippen molar-refractivity contribution < 1.29 is 4.79 Å². The van der Waals surface area contributed by atoms with E-state index in [1.54, 1.807) is 0 Å². The van der Waals surface area contributed by atoms with Gasteiger partial charge in [0, 0.05) is 11.9 Å². The second-order valence-electron chi connectivity index (χ2n) is 4.90. The van der Waals surface area contributed by atoms with Crippen molar-refractivity contribution >= 4 is 33.1 Å². The van der Waals surface area contributed by atoms with Crippen LogP contribution in [-0.4, -0.2) is 22.6 Å². The molecule has 0 unspecified atom stereocenters. The van der Waals surface area contributed by atoms with Gasteiger partial charge in [-0.3, -0.25) is 4.79 Å². The second-order valence-corrected chi connectivity index (χ2v) is 5.90. The van der Waals surface area contributed by atoms with Gasteiger partial charge in [0.15, 0.2) is 0 Å². The standard InChI is InChI=1S/C14H20N4OS/c1-4-5-6-7-16-13(19)12-11(15)10-8(2)9(3)17-18-14(10)20-12/h4-7,15H2,1-3H3,(H,16,19). The lowest BCUT2D eigenvalue weighted by Gasteiger charge is -2.04. The zero-order valence-corrected chi connectivity index (χ0v) is 12.9. The number of aryl methyl sites for hydroxylation is 2. The lowest BCUT2D eigenvalue weighted by molar-refractivity contribution is 0.0958. The van der Waals surface area contributed by atoms with E-state index in [1.807, 2.05) is 13.8 Å². The van der Waals surface area contributed by atoms with Crippen LogP contribution < -0.4 is 11.1 Å². The van der Waals surface area contributed by atoms with Gasteiger partial charge in [-0.1, -0.05) is 19.8 Å². The number of aromatic nitrogens is 2. The number of thiophene rings is 1. The molecule has 0 spiro atoms. The first kappa shape index (κ1) is 14.7. The number of carbonyl (C=O) groups excluding carboxylic acids is 1. The number of amides is 1. The van der Waals surface area contributed by atoms with Gasteiger partial charge in [0.25, 0.3) is 5.91 Å². The number of carbonyl (C=O) groups is 1. The van der Waals surface area contributed by atoms with Crippen molar-refractivity contribution in [3.05, 3.63) is 16.1 Å². The topological polar surface area (TPSA) is 80.9 Å². The Balaban J connectivity index is 2.25. The van der Waals surface area contributed by atoms with Crippen LogP contribution in [-0.2, 0) is 0 Å². The molecule has 2 heterocycles. The van der Waals surface area contributed by atoms with E-state index in [0.717, 1.165) is 40.7 Å². The molecule has 0 atom stereocenters. The number of nitrogen functional groups attached to an aromatic ring is 1. The molecule has 2 rings (SSSR count). The first-order valence-corrected chi connectivity index (χ1v) is 7.68. The van der Waals surface area contributed by atoms with Crippen LogP contribution >= 0.6 is 11.3 Å². The van der Waals surface area contributed by atoms with E-state index in [4.69, 9.17) is 5.73 Å². The van der Waals surface area contributed by atoms with Crippen molar-refractivity contribution in [1.29, 1.82) is 0 Å². The zero-order chi connectivity index (χ0) is 14.7. The number of rotatable bonds is 5. The van der Waals surface area contributed by atoms with E-state index in [1.165, 1.54) is 11.3 Å². The Morgan fingerprint density at radius 2 is 2.05 bits per heavy atom. The summed E-state index contributed by atoms with van der Waals surface area (Å²) in [4.78, 5) is 13.4. The van der Waals surface area contributed by atoms with E-state index in [9.17, 15) is 4.79 Å². The van der Waals surface area contributed by atoms with E-state index in [0.29, 0.717) is 17.1 Å². The molecule has 0 aromatic carbocycles. The van der Waals surface area contributed by atoms with Crippen LogP contribution in [0.5, 0.6) is 0 Å². The summed E-state index contributed by atoms with van der Waals surface area (Å²) in [6, 6.07) is 0. The van der Waals surface area contributed by atoms with Crippen LogP contribution in [0.3, 0.4) is 0 Å². The molecule has 0 fully saturated rings. The molecule has 5 nitrogen and oxygen atoms in total. The van der Waals surface area contributed by atoms with Crippen molar-refractivity contribution in [2.24, 2.45) is 0 Å². The maximum atomic E-state index is 12.2. The second kappa shape index (κ2) is 6.17. The maximum absolute atomic E-state index is 12.2. The SMILES string of the molecule is CCCCCNC(=O)c1sc2nnc(C)c(C)c2c1N. The maximum Gasteiger partial charge on any atom is 0.263 e. The molecular formula is C14H20N4OS. The average molecular weight is 292 g/mol. The molecule has 6 heteroatoms. The summed E-state index contributed by atoms with van der Waals surface area (Å²) in [5.74, 6) is -0.112. The highest BCUT2D eigenvalue weighted by atomic mass is 32.1. The Hall–Kier alpha value is -1.69. The first-order chi connectivity index (χ1) is 9.56. The van der Waals surface area contributed by atoms with Gasteiger partial charge in [0.1, 0.15) is 9.71 Å². The minimum atomic E-state index is -0.112. The Bertz CT molecular complexity index is 636. The van der Waals surface area contributed by atoms with Crippen molar-refractivity contribution in [2.45, 2.75) is 40.0 Å². The van der Waals surface area contributed by atoms with Crippen LogP contribution in [0.4, 0.5) is 5.69 Å². The Labute approximate surface area is 122 Å². The molecule has 0 bridgehead atoms. The molecule has 2 aromatic rings. The summed E-state index contributed by atoms with van der Waals surface area (Å²) < 4.78 is 0. The molecule has 20 heavy (non-hydrogen) atoms. The summed E-state index contributed by atoms with van der Waals surface area (Å²) in [5.41, 5.74) is 8.48. The van der Waals surface area contributed by atoms with Crippen molar-refractivity contribution in [3.63, 3.8) is 0 Å². The van der Waals surface area contributed by atoms with Crippen LogP contribution in [0.15, 0.2) is 0 Å². The van der Waals surface area contributed by atoms with E-state index < -0.39 is 0 Å². The van der Waals surface area contributed by atoms with Crippen LogP contribution in [0.2, 0.25) is 0 Å². The summed E-state index contributed by atoms with van der Waals surface area (Å²) in [5, 5.41) is 12.0. The number of hydrogen-bond donors (Lipinski definition) is 2. The fourth-order valence-electron chi connectivity index (χ4n) is 2.07. The van der Waals surface area contributed by atoms with Gasteiger partial charge < -0.3 is 11.1 Å². The lowest BCUT2D eigenvalue weighted by Crippen LogP contribution is -2.24. The smallest absolute Gasteiger partial charge is 0.263 e. The molecule has 2 aromatic heterocycles. The molecule has 3 N–H and O–H groups in total. The minimum absolute atomic E-state index is 0.112. The first-order valence-electron chi connectivity index (χ1n) is 6.86. The number of nitrogens with zero attached hydrogens (tertiary/aromatic N) is 2. The molecule has 0 saturated heterocycles. The molecule has 0 radical (unpaired) electrons. The van der Waals surface area contributed by atoms with Gasteiger partial charge in [-0.2, -0.15) is 5.10 Å². The number of hydrogen-bond acceptors (Lipinski definition) is 5. The highest BCUT2D eigenvalue weighted by Crippen LogP contribution is 2.34. The van der Waals surface area contributed by atoms with Gasteiger partial charge in [0.05, 0.1) is 11.4 Å². The van der Waals surface area contributed by atoms with Gasteiger partial charge in [-0.05, 0) is 25.8 Å². The van der Waals surface area contributed by atoms with E-state index in [-0.39, 0.29) is 5.91 Å². The molecule has 0 aliphatic rings. The average Bonchev–Trinajstić information content (AvgIpc) is 2.77. The van der Waals surface area contributed by atoms with Crippen LogP contribution in [0, 0.1) is 13.8 Å². The fraction of sp³-hybridized carbons (Fsp3) is 0.500. The monoisotopic (exact) mass is 292 g/mol. The fourth-order valence-corrected chi connectivity index (χ4v) is 3.08. The lowest BCUT2D eigenvalue weighted by atomic mass is 10.1. The van der Waals surface area contributed by atoms with Crippen LogP contribution in [0.25, 0.3) is 10.2 Å². The minimum Gasteiger partial charge on any atom is -0.397 e. The third kappa shape index (κ3) is 2.75. The Kier molecular flexibility index (Phi) is 4.54. The van der Waals surface area contributed by atoms with Crippen molar-refractivity contribution in [2.75, 3.05) is 12.3 Å². The quantitative estimate of drug-likeness (QED) is 0.830. The number of fused-ring (bicyclic) bond motifs is 1. The molecule has 1 amide bonds. The van der Waals surface area contributed by atoms with Crippen molar-refractivity contribution in [3.8, 4) is 0 Å². The summed E-state index contributed by atoms with van der Waals surface area (Å²) in [6.45, 7) is 6.67. The number of nitrogens with one attached hydrogen (secondary N) is 1. The molecule has 0 aliphatic carbocycles. The summed E-state index contributed by atoms with van der Waals surface area (Å²) >= 11 is 1.31. The van der Waals surface area contributed by atoms with E-state index in [2.05, 4.69) is 22.4 Å². The predicted octanol–water partition coefficient (Wildman–Crippen LogP) is 2.81. The highest BCUT2D eigenvalue weighted by Gasteiger charge is 2.19. The molecule has 0 aliphatic heterocycles. The number of unbranched alkanes of at least 4 members (excludes halogenated alkanes) is 2. The Morgan fingerprint density at radius 1 is 1.30 bits per heavy atom. The predicted molar refractivity (Wildman–Crippen MR) is 83.2 cm³/mol. The van der Waals surface area contributed by atoms with E-state index >= 15 is 0 Å². The number of anilines is 1. The Morgan fingerprint density at radius 3 is 2.75 bits per heavy atom. The van der Waals surface area contributed by atoms with Gasteiger partial charge >= 0.3 is 0 Å². The third-order valence-corrected chi connectivity index (χ3v) is 4.50. The van der Waals surface area contributed by atoms with Gasteiger partial charge in [0.2, 0.25) is 0 Å². The highest BCUT2D eigenvalue weighted by molar-refractivity contribution is 7.21. The summed E-state index contributed by atoms with van der Waals surface area (Å²) in [7, 11) is 0. The summed E-state index contributed by atoms with van der Waals surface area (Å²) in [6.07, 6.45) is 3.24. The molecular weight excluding hydrogens is 272 g/mol. The molecule has 0 saturated carbocycles. The van der Waals surface area contributed by atoms with Crippen molar-refractivity contribution in [1.82, 2.24) is 15.5 Å².